The summed E-state index contributed by atoms with van der Waals surface area (Å²) in [5.74, 6) is 0. The van der Waals surface area contributed by atoms with E-state index in [1.54, 1.807) is 11.3 Å². The van der Waals surface area contributed by atoms with Gasteiger partial charge in [0.15, 0.2) is 5.13 Å². The topological polar surface area (TPSA) is 37.4 Å². The summed E-state index contributed by atoms with van der Waals surface area (Å²) in [6.45, 7) is 12.5. The van der Waals surface area contributed by atoms with Gasteiger partial charge < -0.3 is 15.0 Å². The Bertz CT molecular complexity index is 444. The maximum absolute atomic E-state index is 5.95. The van der Waals surface area contributed by atoms with Crippen molar-refractivity contribution in [2.24, 2.45) is 0 Å². The van der Waals surface area contributed by atoms with Gasteiger partial charge in [0.1, 0.15) is 0 Å². The standard InChI is InChI=1S/C14H25N3OS/c1-9-7-17(8-14(4,5)18-9)13-16-11(3)12(19-13)10(2)15-6/h9-10,15H,7-8H2,1-6H3. The molecular formula is C14H25N3OS. The molecule has 0 saturated carbocycles. The van der Waals surface area contributed by atoms with Crippen LogP contribution in [-0.2, 0) is 4.74 Å². The Hall–Kier alpha value is -0.650. The Morgan fingerprint density at radius 2 is 2.21 bits per heavy atom. The van der Waals surface area contributed by atoms with Crippen molar-refractivity contribution in [2.75, 3.05) is 25.0 Å². The minimum Gasteiger partial charge on any atom is -0.369 e. The normalized spacial score (nSPS) is 24.5. The molecule has 1 aliphatic rings. The van der Waals surface area contributed by atoms with E-state index >= 15 is 0 Å². The number of morpholine rings is 1. The summed E-state index contributed by atoms with van der Waals surface area (Å²) >= 11 is 1.80. The molecule has 0 aliphatic carbocycles. The van der Waals surface area contributed by atoms with Gasteiger partial charge in [-0.2, -0.15) is 0 Å². The molecule has 0 amide bonds. The molecule has 1 aromatic rings. The third kappa shape index (κ3) is 3.27. The lowest BCUT2D eigenvalue weighted by Crippen LogP contribution is -2.52. The zero-order chi connectivity index (χ0) is 14.2. The number of rotatable bonds is 3. The van der Waals surface area contributed by atoms with E-state index in [2.05, 4.69) is 44.8 Å². The van der Waals surface area contributed by atoms with Crippen LogP contribution in [0.2, 0.25) is 0 Å². The van der Waals surface area contributed by atoms with Crippen LogP contribution in [0.1, 0.15) is 44.3 Å². The number of hydrogen-bond donors (Lipinski definition) is 1. The molecule has 0 radical (unpaired) electrons. The molecule has 19 heavy (non-hydrogen) atoms. The number of thiazole rings is 1. The molecule has 1 N–H and O–H groups in total. The summed E-state index contributed by atoms with van der Waals surface area (Å²) < 4.78 is 5.95. The van der Waals surface area contributed by atoms with Crippen LogP contribution < -0.4 is 10.2 Å². The predicted molar refractivity (Wildman–Crippen MR) is 81.2 cm³/mol. The first-order valence-electron chi connectivity index (χ1n) is 6.90. The monoisotopic (exact) mass is 283 g/mol. The number of hydrogen-bond acceptors (Lipinski definition) is 5. The summed E-state index contributed by atoms with van der Waals surface area (Å²) in [4.78, 5) is 8.44. The molecule has 108 valence electrons. The van der Waals surface area contributed by atoms with Crippen LogP contribution in [0.5, 0.6) is 0 Å². The smallest absolute Gasteiger partial charge is 0.186 e. The predicted octanol–water partition coefficient (Wildman–Crippen LogP) is 2.74. The van der Waals surface area contributed by atoms with Gasteiger partial charge in [-0.25, -0.2) is 4.98 Å². The number of anilines is 1. The number of aromatic nitrogens is 1. The lowest BCUT2D eigenvalue weighted by atomic mass is 10.1. The van der Waals surface area contributed by atoms with Crippen LogP contribution in [0.4, 0.5) is 5.13 Å². The van der Waals surface area contributed by atoms with Crippen molar-refractivity contribution in [1.29, 1.82) is 0 Å². The largest absolute Gasteiger partial charge is 0.369 e. The molecular weight excluding hydrogens is 258 g/mol. The Labute approximate surface area is 120 Å². The summed E-state index contributed by atoms with van der Waals surface area (Å²) in [6.07, 6.45) is 0.248. The molecule has 2 unspecified atom stereocenters. The van der Waals surface area contributed by atoms with Crippen LogP contribution in [0.25, 0.3) is 0 Å². The second-order valence-corrected chi connectivity index (χ2v) is 7.03. The maximum atomic E-state index is 5.95. The van der Waals surface area contributed by atoms with Gasteiger partial charge in [0, 0.05) is 24.0 Å². The Morgan fingerprint density at radius 3 is 2.79 bits per heavy atom. The van der Waals surface area contributed by atoms with Crippen molar-refractivity contribution < 1.29 is 4.74 Å². The summed E-state index contributed by atoms with van der Waals surface area (Å²) in [6, 6.07) is 0.359. The highest BCUT2D eigenvalue weighted by atomic mass is 32.1. The van der Waals surface area contributed by atoms with E-state index in [1.165, 1.54) is 4.88 Å². The SMILES string of the molecule is CNC(C)c1sc(N2CC(C)OC(C)(C)C2)nc1C. The van der Waals surface area contributed by atoms with Gasteiger partial charge in [0.2, 0.25) is 0 Å². The molecule has 2 rings (SSSR count). The number of nitrogens with zero attached hydrogens (tertiary/aromatic N) is 2. The van der Waals surface area contributed by atoms with Gasteiger partial charge in [-0.3, -0.25) is 0 Å². The van der Waals surface area contributed by atoms with Crippen molar-refractivity contribution in [3.8, 4) is 0 Å². The van der Waals surface area contributed by atoms with E-state index in [4.69, 9.17) is 9.72 Å². The zero-order valence-corrected chi connectivity index (χ0v) is 13.6. The van der Waals surface area contributed by atoms with Crippen LogP contribution >= 0.6 is 11.3 Å². The molecule has 1 fully saturated rings. The highest BCUT2D eigenvalue weighted by molar-refractivity contribution is 7.15. The minimum atomic E-state index is -0.105. The van der Waals surface area contributed by atoms with Crippen LogP contribution in [0.3, 0.4) is 0 Å². The van der Waals surface area contributed by atoms with Crippen molar-refractivity contribution in [3.05, 3.63) is 10.6 Å². The zero-order valence-electron chi connectivity index (χ0n) is 12.8. The molecule has 2 atom stereocenters. The van der Waals surface area contributed by atoms with Crippen molar-refractivity contribution in [3.63, 3.8) is 0 Å². The van der Waals surface area contributed by atoms with E-state index in [-0.39, 0.29) is 11.7 Å². The number of aryl methyl sites for hydroxylation is 1. The average molecular weight is 283 g/mol. The highest BCUT2D eigenvalue weighted by Gasteiger charge is 2.33. The van der Waals surface area contributed by atoms with Crippen LogP contribution in [-0.4, -0.2) is 36.8 Å². The molecule has 0 bridgehead atoms. The first-order chi connectivity index (χ1) is 8.82. The molecule has 1 aliphatic heterocycles. The van der Waals surface area contributed by atoms with Crippen molar-refractivity contribution >= 4 is 16.5 Å². The van der Waals surface area contributed by atoms with E-state index in [1.807, 2.05) is 7.05 Å². The molecule has 0 aromatic carbocycles. The summed E-state index contributed by atoms with van der Waals surface area (Å²) in [5.41, 5.74) is 1.03. The molecule has 1 saturated heterocycles. The number of nitrogens with one attached hydrogen (secondary N) is 1. The molecule has 1 aromatic heterocycles. The summed E-state index contributed by atoms with van der Waals surface area (Å²) in [7, 11) is 1.99. The lowest BCUT2D eigenvalue weighted by molar-refractivity contribution is -0.0749. The van der Waals surface area contributed by atoms with E-state index in [0.29, 0.717) is 6.04 Å². The Balaban J connectivity index is 2.22. The van der Waals surface area contributed by atoms with Crippen LogP contribution in [0, 0.1) is 6.92 Å². The fraction of sp³-hybridized carbons (Fsp3) is 0.786. The third-order valence-corrected chi connectivity index (χ3v) is 4.89. The van der Waals surface area contributed by atoms with Gasteiger partial charge in [0.25, 0.3) is 0 Å². The van der Waals surface area contributed by atoms with Gasteiger partial charge >= 0.3 is 0 Å². The van der Waals surface area contributed by atoms with E-state index in [0.717, 1.165) is 23.9 Å². The van der Waals surface area contributed by atoms with E-state index in [9.17, 15) is 0 Å². The highest BCUT2D eigenvalue weighted by Crippen LogP contribution is 2.33. The summed E-state index contributed by atoms with van der Waals surface area (Å²) in [5, 5.41) is 4.41. The number of ether oxygens (including phenoxy) is 1. The second-order valence-electron chi connectivity index (χ2n) is 6.03. The average Bonchev–Trinajstić information content (AvgIpc) is 2.68. The van der Waals surface area contributed by atoms with Crippen molar-refractivity contribution in [2.45, 2.75) is 52.4 Å². The van der Waals surface area contributed by atoms with Gasteiger partial charge in [-0.1, -0.05) is 0 Å². The van der Waals surface area contributed by atoms with Gasteiger partial charge in [-0.15, -0.1) is 11.3 Å². The Morgan fingerprint density at radius 1 is 1.53 bits per heavy atom. The van der Waals surface area contributed by atoms with Gasteiger partial charge in [0.05, 0.1) is 17.4 Å². The molecule has 4 nitrogen and oxygen atoms in total. The maximum Gasteiger partial charge on any atom is 0.186 e. The van der Waals surface area contributed by atoms with Crippen LogP contribution in [0.15, 0.2) is 0 Å². The van der Waals surface area contributed by atoms with Crippen molar-refractivity contribution in [1.82, 2.24) is 10.3 Å². The fourth-order valence-electron chi connectivity index (χ4n) is 2.66. The van der Waals surface area contributed by atoms with Gasteiger partial charge in [-0.05, 0) is 41.7 Å². The fourth-order valence-corrected chi connectivity index (χ4v) is 3.80. The molecule has 5 heteroatoms. The minimum absolute atomic E-state index is 0.105. The molecule has 2 heterocycles. The lowest BCUT2D eigenvalue weighted by Gasteiger charge is -2.41. The quantitative estimate of drug-likeness (QED) is 0.925. The Kier molecular flexibility index (Phi) is 4.18. The molecule has 0 spiro atoms. The first-order valence-corrected chi connectivity index (χ1v) is 7.71. The second kappa shape index (κ2) is 5.38. The first kappa shape index (κ1) is 14.8. The third-order valence-electron chi connectivity index (χ3n) is 3.49. The van der Waals surface area contributed by atoms with E-state index < -0.39 is 0 Å².